The maximum atomic E-state index is 13.5. The molecule has 4 aliphatic rings. The van der Waals surface area contributed by atoms with Crippen molar-refractivity contribution >= 4 is 56.8 Å². The van der Waals surface area contributed by atoms with Crippen molar-refractivity contribution in [3.63, 3.8) is 0 Å². The van der Waals surface area contributed by atoms with Crippen molar-refractivity contribution < 1.29 is 27.6 Å². The Morgan fingerprint density at radius 1 is 1.07 bits per heavy atom. The zero-order chi connectivity index (χ0) is 29.4. The second-order valence-corrected chi connectivity index (χ2v) is 13.5. The van der Waals surface area contributed by atoms with E-state index in [1.54, 1.807) is 0 Å². The summed E-state index contributed by atoms with van der Waals surface area (Å²) in [5.41, 5.74) is 0.516. The molecule has 8 rings (SSSR count). The van der Waals surface area contributed by atoms with Crippen molar-refractivity contribution in [2.75, 3.05) is 0 Å². The molecular formula is C30H24Cl2F3N3O3S. The Labute approximate surface area is 252 Å². The molecular weight excluding hydrogens is 610 g/mol. The molecule has 4 fully saturated rings. The Hall–Kier alpha value is -2.95. The Bertz CT molecular complexity index is 1730. The number of carboxylic acid groups (broad SMARTS) is 1. The smallest absolute Gasteiger partial charge is 0.416 e. The number of rotatable bonds is 6. The lowest BCUT2D eigenvalue weighted by atomic mass is 9.54. The zero-order valence-corrected chi connectivity index (χ0v) is 24.4. The van der Waals surface area contributed by atoms with Crippen LogP contribution in [0.4, 0.5) is 13.2 Å². The second kappa shape index (κ2) is 9.79. The number of hydrogen-bond donors (Lipinski definition) is 1. The van der Waals surface area contributed by atoms with E-state index in [1.165, 1.54) is 23.7 Å². The normalized spacial score (nSPS) is 24.2. The van der Waals surface area contributed by atoms with Crippen molar-refractivity contribution in [2.45, 2.75) is 68.9 Å². The third-order valence-corrected chi connectivity index (χ3v) is 11.1. The highest BCUT2D eigenvalue weighted by atomic mass is 35.5. The summed E-state index contributed by atoms with van der Waals surface area (Å²) in [7, 11) is 0. The number of carbonyl (C=O) groups is 1. The van der Waals surface area contributed by atoms with Crippen LogP contribution >= 0.6 is 34.5 Å². The lowest BCUT2D eigenvalue weighted by Crippen LogP contribution is -2.43. The molecule has 0 saturated heterocycles. The molecule has 4 aromatic rings. The largest absolute Gasteiger partial charge is 0.478 e. The summed E-state index contributed by atoms with van der Waals surface area (Å²) in [5.74, 6) is -0.228. The van der Waals surface area contributed by atoms with Crippen molar-refractivity contribution in [2.24, 2.45) is 5.41 Å². The van der Waals surface area contributed by atoms with E-state index in [2.05, 4.69) is 27.3 Å². The number of halogens is 5. The summed E-state index contributed by atoms with van der Waals surface area (Å²) in [4.78, 5) is 20.5. The molecule has 218 valence electrons. The summed E-state index contributed by atoms with van der Waals surface area (Å²) in [6.07, 6.45) is 9.96. The molecule has 4 saturated carbocycles. The van der Waals surface area contributed by atoms with Gasteiger partial charge in [-0.15, -0.1) is 11.3 Å². The molecule has 3 aromatic heterocycles. The first-order valence-corrected chi connectivity index (χ1v) is 15.3. The first kappa shape index (κ1) is 27.9. The van der Waals surface area contributed by atoms with E-state index in [4.69, 9.17) is 27.7 Å². The number of hydrogen-bond acceptors (Lipinski definition) is 6. The lowest BCUT2D eigenvalue weighted by molar-refractivity contribution is -0.137. The molecule has 4 aliphatic carbocycles. The maximum absolute atomic E-state index is 13.5. The van der Waals surface area contributed by atoms with Gasteiger partial charge >= 0.3 is 12.1 Å². The van der Waals surface area contributed by atoms with E-state index in [1.807, 2.05) is 0 Å². The van der Waals surface area contributed by atoms with Crippen molar-refractivity contribution in [1.29, 1.82) is 0 Å². The Morgan fingerprint density at radius 2 is 1.74 bits per heavy atom. The van der Waals surface area contributed by atoms with Crippen LogP contribution in [0.3, 0.4) is 0 Å². The van der Waals surface area contributed by atoms with E-state index in [0.717, 1.165) is 73.8 Å². The number of aromatic carboxylic acids is 1. The highest BCUT2D eigenvalue weighted by Crippen LogP contribution is 2.60. The van der Waals surface area contributed by atoms with Gasteiger partial charge in [0, 0.05) is 34.9 Å². The molecule has 0 aliphatic heterocycles. The van der Waals surface area contributed by atoms with Gasteiger partial charge in [-0.2, -0.15) is 13.2 Å². The Kier molecular flexibility index (Phi) is 6.49. The van der Waals surface area contributed by atoms with Crippen molar-refractivity contribution in [3.05, 3.63) is 68.1 Å². The van der Waals surface area contributed by atoms with Crippen LogP contribution < -0.4 is 0 Å². The molecule has 0 atom stereocenters. The predicted octanol–water partition coefficient (Wildman–Crippen LogP) is 9.55. The van der Waals surface area contributed by atoms with Crippen LogP contribution in [0.15, 0.2) is 35.1 Å². The third-order valence-electron chi connectivity index (χ3n) is 9.20. The SMILES string of the molecule is O=C(O)c1cc(C(F)(F)F)cc2nc(C34CCC(C=Cc5c(-c6c(Cl)cncc6Cl)noc5C5CC5)(CC3)CC4)sc12. The minimum atomic E-state index is -4.65. The number of alkyl halides is 3. The van der Waals surface area contributed by atoms with E-state index >= 15 is 0 Å². The number of pyridine rings is 1. The number of aromatic nitrogens is 3. The van der Waals surface area contributed by atoms with E-state index < -0.39 is 17.7 Å². The first-order chi connectivity index (χ1) is 20.0. The first-order valence-electron chi connectivity index (χ1n) is 13.7. The number of nitrogens with zero attached hydrogens (tertiary/aromatic N) is 3. The fourth-order valence-corrected chi connectivity index (χ4v) is 8.43. The molecule has 0 radical (unpaired) electrons. The summed E-state index contributed by atoms with van der Waals surface area (Å²) < 4.78 is 46.5. The van der Waals surface area contributed by atoms with Crippen LogP contribution in [0.1, 0.15) is 89.5 Å². The predicted molar refractivity (Wildman–Crippen MR) is 154 cm³/mol. The number of thiazole rings is 1. The number of carboxylic acids is 1. The molecule has 0 unspecified atom stereocenters. The van der Waals surface area contributed by atoms with Crippen LogP contribution in [-0.4, -0.2) is 26.2 Å². The average Bonchev–Trinajstić information content (AvgIpc) is 3.56. The van der Waals surface area contributed by atoms with Gasteiger partial charge in [0.2, 0.25) is 0 Å². The molecule has 2 bridgehead atoms. The molecule has 6 nitrogen and oxygen atoms in total. The molecule has 12 heteroatoms. The van der Waals surface area contributed by atoms with Crippen LogP contribution in [0.2, 0.25) is 10.0 Å². The molecule has 1 aromatic carbocycles. The minimum absolute atomic E-state index is 0.0463. The summed E-state index contributed by atoms with van der Waals surface area (Å²) in [6, 6.07) is 1.68. The summed E-state index contributed by atoms with van der Waals surface area (Å²) in [6.45, 7) is 0. The summed E-state index contributed by atoms with van der Waals surface area (Å²) >= 11 is 14.2. The van der Waals surface area contributed by atoms with Gasteiger partial charge in [-0.25, -0.2) is 9.78 Å². The maximum Gasteiger partial charge on any atom is 0.416 e. The quantitative estimate of drug-likeness (QED) is 0.227. The number of allylic oxidation sites excluding steroid dienone is 1. The van der Waals surface area contributed by atoms with Crippen molar-refractivity contribution in [1.82, 2.24) is 15.1 Å². The monoisotopic (exact) mass is 633 g/mol. The van der Waals surface area contributed by atoms with E-state index in [-0.39, 0.29) is 21.9 Å². The topological polar surface area (TPSA) is 89.1 Å². The van der Waals surface area contributed by atoms with Crippen LogP contribution in [0.25, 0.3) is 27.6 Å². The number of benzene rings is 1. The lowest BCUT2D eigenvalue weighted by Gasteiger charge is -2.51. The fourth-order valence-electron chi connectivity index (χ4n) is 6.56. The van der Waals surface area contributed by atoms with Gasteiger partial charge in [-0.1, -0.05) is 40.5 Å². The van der Waals surface area contributed by atoms with Crippen LogP contribution in [0.5, 0.6) is 0 Å². The van der Waals surface area contributed by atoms with Crippen molar-refractivity contribution in [3.8, 4) is 11.3 Å². The van der Waals surface area contributed by atoms with E-state index in [0.29, 0.717) is 38.0 Å². The van der Waals surface area contributed by atoms with Gasteiger partial charge in [0.25, 0.3) is 0 Å². The van der Waals surface area contributed by atoms with Gasteiger partial charge in [0.1, 0.15) is 16.5 Å². The molecule has 42 heavy (non-hydrogen) atoms. The second-order valence-electron chi connectivity index (χ2n) is 11.7. The van der Waals surface area contributed by atoms with Gasteiger partial charge in [-0.3, -0.25) is 4.98 Å². The highest BCUT2D eigenvalue weighted by molar-refractivity contribution is 7.19. The minimum Gasteiger partial charge on any atom is -0.478 e. The average molecular weight is 635 g/mol. The van der Waals surface area contributed by atoms with Crippen LogP contribution in [-0.2, 0) is 11.6 Å². The molecule has 0 spiro atoms. The number of fused-ring (bicyclic) bond motifs is 4. The molecule has 3 heterocycles. The third kappa shape index (κ3) is 4.62. The standard InChI is InChI=1S/C30H24Cl2F3N3O3S/c31-19-13-36-14-20(32)22(19)23-17(24(41-38-23)15-1-2-15)3-4-28-5-8-29(9-6-28,10-7-28)27-37-21-12-16(30(33,34)35)11-18(26(39)40)25(21)42-27/h3-4,11-15H,1-2,5-10H2,(H,39,40). The molecule has 0 amide bonds. The van der Waals surface area contributed by atoms with Gasteiger partial charge in [0.15, 0.2) is 0 Å². The van der Waals surface area contributed by atoms with E-state index in [9.17, 15) is 23.1 Å². The summed E-state index contributed by atoms with van der Waals surface area (Å²) in [5, 5.41) is 15.5. The Morgan fingerprint density at radius 3 is 2.33 bits per heavy atom. The van der Waals surface area contributed by atoms with Gasteiger partial charge in [-0.05, 0) is 68.9 Å². The highest BCUT2D eigenvalue weighted by Gasteiger charge is 2.50. The Balaban J connectivity index is 1.19. The fraction of sp³-hybridized carbons (Fsp3) is 0.400. The van der Waals surface area contributed by atoms with Gasteiger partial charge in [0.05, 0.1) is 31.4 Å². The zero-order valence-electron chi connectivity index (χ0n) is 22.1. The van der Waals surface area contributed by atoms with Gasteiger partial charge < -0.3 is 9.63 Å². The van der Waals surface area contributed by atoms with Crippen LogP contribution in [0, 0.1) is 5.41 Å². The molecule has 1 N–H and O–H groups in total.